The minimum absolute atomic E-state index is 0.0385. The van der Waals surface area contributed by atoms with Crippen molar-refractivity contribution in [2.75, 3.05) is 13.7 Å². The van der Waals surface area contributed by atoms with Crippen LogP contribution in [-0.2, 0) is 9.53 Å². The third-order valence-electron chi connectivity index (χ3n) is 4.39. The largest absolute Gasteiger partial charge is 0.495 e. The molecule has 2 aromatic rings. The Morgan fingerprint density at radius 2 is 1.96 bits per heavy atom. The lowest BCUT2D eigenvalue weighted by molar-refractivity contribution is -0.124. The maximum Gasteiger partial charge on any atom is 0.340 e. The molecular weight excluding hydrogens is 368 g/mol. The van der Waals surface area contributed by atoms with Crippen LogP contribution < -0.4 is 10.1 Å². The number of aryl methyl sites for hydroxylation is 1. The maximum absolute atomic E-state index is 12.5. The van der Waals surface area contributed by atoms with Crippen molar-refractivity contribution in [1.29, 1.82) is 0 Å². The average molecular weight is 393 g/mol. The van der Waals surface area contributed by atoms with Gasteiger partial charge in [0.25, 0.3) is 5.91 Å². The zero-order valence-electron chi connectivity index (χ0n) is 16.3. The molecule has 0 aliphatic heterocycles. The van der Waals surface area contributed by atoms with E-state index < -0.39 is 5.97 Å². The third kappa shape index (κ3) is 4.83. The molecule has 1 aromatic carbocycles. The van der Waals surface area contributed by atoms with Gasteiger partial charge in [-0.25, -0.2) is 4.79 Å². The monoisotopic (exact) mass is 392 g/mol. The van der Waals surface area contributed by atoms with E-state index in [1.807, 2.05) is 32.3 Å². The SMILES string of the molecule is CCC(C)NC(=O)COC(=O)c1cc(C)n(-c2cc(Cl)ccc2OC)c1C. The van der Waals surface area contributed by atoms with E-state index in [1.165, 1.54) is 0 Å². The highest BCUT2D eigenvalue weighted by molar-refractivity contribution is 6.30. The molecule has 0 aliphatic carbocycles. The molecule has 27 heavy (non-hydrogen) atoms. The minimum Gasteiger partial charge on any atom is -0.495 e. The Bertz CT molecular complexity index is 845. The zero-order chi connectivity index (χ0) is 20.1. The van der Waals surface area contributed by atoms with E-state index in [0.29, 0.717) is 22.0 Å². The van der Waals surface area contributed by atoms with Crippen molar-refractivity contribution in [3.63, 3.8) is 0 Å². The topological polar surface area (TPSA) is 69.6 Å². The first-order valence-corrected chi connectivity index (χ1v) is 9.15. The van der Waals surface area contributed by atoms with Crippen LogP contribution in [0.4, 0.5) is 0 Å². The van der Waals surface area contributed by atoms with Gasteiger partial charge in [0.15, 0.2) is 6.61 Å². The molecule has 1 unspecified atom stereocenters. The Hall–Kier alpha value is -2.47. The van der Waals surface area contributed by atoms with E-state index in [9.17, 15) is 9.59 Å². The van der Waals surface area contributed by atoms with Crippen molar-refractivity contribution in [1.82, 2.24) is 9.88 Å². The number of esters is 1. The van der Waals surface area contributed by atoms with Crippen molar-refractivity contribution in [2.45, 2.75) is 40.2 Å². The quantitative estimate of drug-likeness (QED) is 0.727. The molecule has 2 rings (SSSR count). The first kappa shape index (κ1) is 20.8. The molecule has 1 heterocycles. The maximum atomic E-state index is 12.5. The number of rotatable bonds is 7. The Balaban J connectivity index is 2.24. The van der Waals surface area contributed by atoms with Gasteiger partial charge in [0.1, 0.15) is 5.75 Å². The number of ether oxygens (including phenoxy) is 2. The molecular formula is C20H25ClN2O4. The van der Waals surface area contributed by atoms with Gasteiger partial charge in [0.2, 0.25) is 0 Å². The summed E-state index contributed by atoms with van der Waals surface area (Å²) in [6.45, 7) is 7.23. The molecule has 0 saturated heterocycles. The van der Waals surface area contributed by atoms with Crippen molar-refractivity contribution in [3.05, 3.63) is 46.2 Å². The van der Waals surface area contributed by atoms with Crippen LogP contribution >= 0.6 is 11.6 Å². The van der Waals surface area contributed by atoms with E-state index >= 15 is 0 Å². The highest BCUT2D eigenvalue weighted by Gasteiger charge is 2.21. The second-order valence-electron chi connectivity index (χ2n) is 6.39. The number of carbonyl (C=O) groups is 2. The molecule has 0 saturated carbocycles. The van der Waals surface area contributed by atoms with Crippen LogP contribution in [0.5, 0.6) is 5.75 Å². The van der Waals surface area contributed by atoms with Gasteiger partial charge in [-0.15, -0.1) is 0 Å². The standard InChI is InChI=1S/C20H25ClN2O4/c1-6-12(2)22-19(24)11-27-20(25)16-9-13(3)23(14(16)4)17-10-15(21)7-8-18(17)26-5/h7-10,12H,6,11H2,1-5H3,(H,22,24). The number of nitrogens with one attached hydrogen (secondary N) is 1. The number of nitrogens with zero attached hydrogens (tertiary/aromatic N) is 1. The van der Waals surface area contributed by atoms with Gasteiger partial charge >= 0.3 is 5.97 Å². The van der Waals surface area contributed by atoms with Gasteiger partial charge in [-0.1, -0.05) is 18.5 Å². The zero-order valence-corrected chi connectivity index (χ0v) is 17.0. The van der Waals surface area contributed by atoms with Crippen LogP contribution in [0.3, 0.4) is 0 Å². The molecule has 0 fully saturated rings. The molecule has 1 amide bonds. The van der Waals surface area contributed by atoms with E-state index in [1.54, 1.807) is 31.4 Å². The number of methoxy groups -OCH3 is 1. The summed E-state index contributed by atoms with van der Waals surface area (Å²) in [6, 6.07) is 7.05. The van der Waals surface area contributed by atoms with Crippen LogP contribution in [0.15, 0.2) is 24.3 Å². The molecule has 7 heteroatoms. The Labute approximate surface area is 164 Å². The van der Waals surface area contributed by atoms with E-state index in [2.05, 4.69) is 5.32 Å². The molecule has 1 aromatic heterocycles. The summed E-state index contributed by atoms with van der Waals surface area (Å²) in [5.74, 6) is -0.230. The van der Waals surface area contributed by atoms with E-state index in [0.717, 1.165) is 17.8 Å². The smallest absolute Gasteiger partial charge is 0.340 e. The number of aromatic nitrogens is 1. The van der Waals surface area contributed by atoms with Crippen molar-refractivity contribution >= 4 is 23.5 Å². The fourth-order valence-electron chi connectivity index (χ4n) is 2.81. The molecule has 6 nitrogen and oxygen atoms in total. The van der Waals surface area contributed by atoms with Crippen LogP contribution in [0.2, 0.25) is 5.02 Å². The van der Waals surface area contributed by atoms with Crippen LogP contribution in [-0.4, -0.2) is 36.2 Å². The van der Waals surface area contributed by atoms with Gasteiger partial charge in [-0.3, -0.25) is 4.79 Å². The summed E-state index contributed by atoms with van der Waals surface area (Å²) in [6.07, 6.45) is 0.808. The van der Waals surface area contributed by atoms with Crippen LogP contribution in [0, 0.1) is 13.8 Å². The minimum atomic E-state index is -0.547. The molecule has 146 valence electrons. The highest BCUT2D eigenvalue weighted by Crippen LogP contribution is 2.30. The highest BCUT2D eigenvalue weighted by atomic mass is 35.5. The number of halogens is 1. The lowest BCUT2D eigenvalue weighted by Crippen LogP contribution is -2.35. The summed E-state index contributed by atoms with van der Waals surface area (Å²) in [7, 11) is 1.58. The fourth-order valence-corrected chi connectivity index (χ4v) is 2.97. The van der Waals surface area contributed by atoms with Gasteiger partial charge in [0.05, 0.1) is 18.4 Å². The summed E-state index contributed by atoms with van der Waals surface area (Å²) in [5.41, 5.74) is 2.63. The Morgan fingerprint density at radius 1 is 1.26 bits per heavy atom. The lowest BCUT2D eigenvalue weighted by atomic mass is 10.2. The second-order valence-corrected chi connectivity index (χ2v) is 6.83. The van der Waals surface area contributed by atoms with Gasteiger partial charge < -0.3 is 19.4 Å². The van der Waals surface area contributed by atoms with E-state index in [-0.39, 0.29) is 18.6 Å². The normalized spacial score (nSPS) is 11.8. The van der Waals surface area contributed by atoms with Crippen molar-refractivity contribution in [3.8, 4) is 11.4 Å². The van der Waals surface area contributed by atoms with Gasteiger partial charge in [0, 0.05) is 22.5 Å². The number of hydrogen-bond acceptors (Lipinski definition) is 4. The molecule has 1 atom stereocenters. The van der Waals surface area contributed by atoms with Crippen LogP contribution in [0.25, 0.3) is 5.69 Å². The number of carbonyl (C=O) groups excluding carboxylic acids is 2. The lowest BCUT2D eigenvalue weighted by Gasteiger charge is -2.14. The predicted octanol–water partition coefficient (Wildman–Crippen LogP) is 3.83. The number of hydrogen-bond donors (Lipinski definition) is 1. The fraction of sp³-hybridized carbons (Fsp3) is 0.400. The molecule has 0 aliphatic rings. The first-order chi connectivity index (χ1) is 12.8. The molecule has 0 spiro atoms. The third-order valence-corrected chi connectivity index (χ3v) is 4.62. The number of amides is 1. The van der Waals surface area contributed by atoms with Crippen molar-refractivity contribution < 1.29 is 19.1 Å². The molecule has 1 N–H and O–H groups in total. The predicted molar refractivity (Wildman–Crippen MR) is 105 cm³/mol. The Morgan fingerprint density at radius 3 is 2.59 bits per heavy atom. The van der Waals surface area contributed by atoms with Crippen LogP contribution in [0.1, 0.15) is 42.0 Å². The van der Waals surface area contributed by atoms with Crippen molar-refractivity contribution in [2.24, 2.45) is 0 Å². The summed E-state index contributed by atoms with van der Waals surface area (Å²) in [5, 5.41) is 3.32. The number of benzene rings is 1. The summed E-state index contributed by atoms with van der Waals surface area (Å²) in [4.78, 5) is 24.3. The molecule has 0 radical (unpaired) electrons. The Kier molecular flexibility index (Phi) is 6.91. The van der Waals surface area contributed by atoms with Gasteiger partial charge in [-0.05, 0) is 51.5 Å². The first-order valence-electron chi connectivity index (χ1n) is 8.77. The summed E-state index contributed by atoms with van der Waals surface area (Å²) < 4.78 is 12.5. The summed E-state index contributed by atoms with van der Waals surface area (Å²) >= 11 is 6.13. The van der Waals surface area contributed by atoms with Gasteiger partial charge in [-0.2, -0.15) is 0 Å². The van der Waals surface area contributed by atoms with E-state index in [4.69, 9.17) is 21.1 Å². The second kappa shape index (κ2) is 8.95. The molecule has 0 bridgehead atoms. The average Bonchev–Trinajstić information content (AvgIpc) is 2.93.